The predicted molar refractivity (Wildman–Crippen MR) is 68.6 cm³/mol. The fourth-order valence-electron chi connectivity index (χ4n) is 1.23. The van der Waals surface area contributed by atoms with E-state index in [0.717, 1.165) is 19.1 Å². The van der Waals surface area contributed by atoms with Crippen molar-refractivity contribution in [2.24, 2.45) is 5.10 Å². The molecule has 1 saturated carbocycles. The Labute approximate surface area is 106 Å². The zero-order valence-corrected chi connectivity index (χ0v) is 10.5. The molecule has 1 aliphatic rings. The Morgan fingerprint density at radius 2 is 2.29 bits per heavy atom. The first-order chi connectivity index (χ1) is 8.20. The van der Waals surface area contributed by atoms with Gasteiger partial charge in [-0.15, -0.1) is 0 Å². The summed E-state index contributed by atoms with van der Waals surface area (Å²) in [7, 11) is 0. The molecule has 0 saturated heterocycles. The number of hydrogen-bond acceptors (Lipinski definition) is 4. The SMILES string of the molecule is N=C/C=N\Nc1cc(F)c(Br)c(OC2CC2)c1. The Morgan fingerprint density at radius 3 is 2.94 bits per heavy atom. The van der Waals surface area contributed by atoms with E-state index in [-0.39, 0.29) is 6.10 Å². The second-order valence-electron chi connectivity index (χ2n) is 3.64. The van der Waals surface area contributed by atoms with Gasteiger partial charge in [0.1, 0.15) is 11.6 Å². The Kier molecular flexibility index (Phi) is 3.73. The van der Waals surface area contributed by atoms with Gasteiger partial charge in [0, 0.05) is 18.3 Å². The molecule has 1 aliphatic carbocycles. The molecule has 1 aromatic rings. The smallest absolute Gasteiger partial charge is 0.143 e. The number of nitrogens with zero attached hydrogens (tertiary/aromatic N) is 1. The molecule has 0 aliphatic heterocycles. The van der Waals surface area contributed by atoms with Crippen molar-refractivity contribution in [2.75, 3.05) is 5.43 Å². The van der Waals surface area contributed by atoms with Crippen LogP contribution < -0.4 is 10.2 Å². The van der Waals surface area contributed by atoms with Crippen LogP contribution in [0.3, 0.4) is 0 Å². The molecule has 2 rings (SSSR count). The monoisotopic (exact) mass is 299 g/mol. The second-order valence-corrected chi connectivity index (χ2v) is 4.44. The Morgan fingerprint density at radius 1 is 1.53 bits per heavy atom. The van der Waals surface area contributed by atoms with Crippen LogP contribution in [0.5, 0.6) is 5.75 Å². The third-order valence-corrected chi connectivity index (χ3v) is 2.93. The van der Waals surface area contributed by atoms with Crippen LogP contribution in [0.25, 0.3) is 0 Å². The standard InChI is InChI=1S/C11H11BrFN3O/c12-11-9(13)5-7(16-15-4-3-14)6-10(11)17-8-1-2-8/h3-6,8,14,16H,1-2H2/b14-3?,15-4-. The van der Waals surface area contributed by atoms with Gasteiger partial charge in [0.2, 0.25) is 0 Å². The van der Waals surface area contributed by atoms with Gasteiger partial charge in [-0.05, 0) is 28.8 Å². The van der Waals surface area contributed by atoms with E-state index in [1.807, 2.05) is 0 Å². The topological polar surface area (TPSA) is 57.5 Å². The molecule has 0 atom stereocenters. The highest BCUT2D eigenvalue weighted by Gasteiger charge is 2.25. The largest absolute Gasteiger partial charge is 0.489 e. The zero-order chi connectivity index (χ0) is 12.3. The van der Waals surface area contributed by atoms with Crippen LogP contribution in [-0.2, 0) is 0 Å². The summed E-state index contributed by atoms with van der Waals surface area (Å²) in [6.45, 7) is 0. The lowest BCUT2D eigenvalue weighted by atomic mass is 10.3. The fraction of sp³-hybridized carbons (Fsp3) is 0.273. The van der Waals surface area contributed by atoms with Gasteiger partial charge in [-0.3, -0.25) is 5.43 Å². The summed E-state index contributed by atoms with van der Waals surface area (Å²) in [5.74, 6) is 0.0655. The number of benzene rings is 1. The van der Waals surface area contributed by atoms with Gasteiger partial charge in [0.05, 0.1) is 22.5 Å². The van der Waals surface area contributed by atoms with Crippen LogP contribution in [0.4, 0.5) is 10.1 Å². The molecular formula is C11H11BrFN3O. The van der Waals surface area contributed by atoms with Gasteiger partial charge in [-0.25, -0.2) is 4.39 Å². The van der Waals surface area contributed by atoms with Crippen molar-refractivity contribution in [3.8, 4) is 5.75 Å². The van der Waals surface area contributed by atoms with Crippen LogP contribution in [0.1, 0.15) is 12.8 Å². The summed E-state index contributed by atoms with van der Waals surface area (Å²) in [6.07, 6.45) is 4.52. The van der Waals surface area contributed by atoms with E-state index in [2.05, 4.69) is 26.5 Å². The van der Waals surface area contributed by atoms with Crippen molar-refractivity contribution in [3.63, 3.8) is 0 Å². The van der Waals surface area contributed by atoms with E-state index >= 15 is 0 Å². The summed E-state index contributed by atoms with van der Waals surface area (Å²) in [5, 5.41) is 10.5. The summed E-state index contributed by atoms with van der Waals surface area (Å²) in [5.41, 5.74) is 3.11. The van der Waals surface area contributed by atoms with Crippen molar-refractivity contribution < 1.29 is 9.13 Å². The fourth-order valence-corrected chi connectivity index (χ4v) is 1.55. The van der Waals surface area contributed by atoms with Crippen LogP contribution in [-0.4, -0.2) is 18.5 Å². The molecule has 0 heterocycles. The molecule has 90 valence electrons. The molecule has 1 fully saturated rings. The van der Waals surface area contributed by atoms with Gasteiger partial charge in [0.15, 0.2) is 0 Å². The van der Waals surface area contributed by atoms with Crippen molar-refractivity contribution in [1.82, 2.24) is 0 Å². The molecule has 0 spiro atoms. The molecule has 0 radical (unpaired) electrons. The highest BCUT2D eigenvalue weighted by atomic mass is 79.9. The van der Waals surface area contributed by atoms with E-state index in [1.165, 1.54) is 12.3 Å². The van der Waals surface area contributed by atoms with Crippen LogP contribution in [0.15, 0.2) is 21.7 Å². The molecule has 1 aromatic carbocycles. The first-order valence-corrected chi connectivity index (χ1v) is 5.94. The van der Waals surface area contributed by atoms with Crippen molar-refractivity contribution in [2.45, 2.75) is 18.9 Å². The van der Waals surface area contributed by atoms with Crippen LogP contribution >= 0.6 is 15.9 Å². The van der Waals surface area contributed by atoms with Crippen LogP contribution in [0, 0.1) is 11.2 Å². The number of anilines is 1. The average molecular weight is 300 g/mol. The molecular weight excluding hydrogens is 289 g/mol. The minimum absolute atomic E-state index is 0.200. The summed E-state index contributed by atoms with van der Waals surface area (Å²) < 4.78 is 19.4. The van der Waals surface area contributed by atoms with Gasteiger partial charge < -0.3 is 10.1 Å². The van der Waals surface area contributed by atoms with Gasteiger partial charge in [-0.2, -0.15) is 5.10 Å². The minimum Gasteiger partial charge on any atom is -0.489 e. The van der Waals surface area contributed by atoms with Crippen molar-refractivity contribution in [1.29, 1.82) is 5.41 Å². The maximum Gasteiger partial charge on any atom is 0.143 e. The number of rotatable bonds is 5. The molecule has 4 nitrogen and oxygen atoms in total. The molecule has 2 N–H and O–H groups in total. The predicted octanol–water partition coefficient (Wildman–Crippen LogP) is 3.18. The third-order valence-electron chi connectivity index (χ3n) is 2.16. The van der Waals surface area contributed by atoms with Gasteiger partial charge in [0.25, 0.3) is 0 Å². The highest BCUT2D eigenvalue weighted by molar-refractivity contribution is 9.10. The number of hydrogen-bond donors (Lipinski definition) is 2. The summed E-state index contributed by atoms with van der Waals surface area (Å²) in [4.78, 5) is 0. The molecule has 17 heavy (non-hydrogen) atoms. The normalized spacial score (nSPS) is 14.9. The quantitative estimate of drug-likeness (QED) is 0.648. The zero-order valence-electron chi connectivity index (χ0n) is 8.91. The number of halogens is 2. The maximum absolute atomic E-state index is 13.6. The number of hydrazone groups is 1. The first-order valence-electron chi connectivity index (χ1n) is 5.14. The van der Waals surface area contributed by atoms with E-state index < -0.39 is 5.82 Å². The Hall–Kier alpha value is -1.43. The highest BCUT2D eigenvalue weighted by Crippen LogP contribution is 2.35. The minimum atomic E-state index is -0.407. The van der Waals surface area contributed by atoms with Gasteiger partial charge >= 0.3 is 0 Å². The Bertz CT molecular complexity index is 460. The molecule has 6 heteroatoms. The van der Waals surface area contributed by atoms with Crippen molar-refractivity contribution >= 4 is 34.0 Å². The number of ether oxygens (including phenoxy) is 1. The molecule has 0 unspecified atom stereocenters. The number of nitrogens with one attached hydrogen (secondary N) is 2. The van der Waals surface area contributed by atoms with E-state index in [1.54, 1.807) is 6.07 Å². The van der Waals surface area contributed by atoms with E-state index in [9.17, 15) is 4.39 Å². The van der Waals surface area contributed by atoms with Gasteiger partial charge in [-0.1, -0.05) is 0 Å². The lowest BCUT2D eigenvalue weighted by Gasteiger charge is -2.09. The summed E-state index contributed by atoms with van der Waals surface area (Å²) in [6, 6.07) is 2.98. The second kappa shape index (κ2) is 5.27. The third kappa shape index (κ3) is 3.26. The molecule has 0 amide bonds. The average Bonchev–Trinajstić information content (AvgIpc) is 3.09. The summed E-state index contributed by atoms with van der Waals surface area (Å²) >= 11 is 3.15. The first kappa shape index (κ1) is 12.0. The van der Waals surface area contributed by atoms with E-state index in [4.69, 9.17) is 10.1 Å². The Balaban J connectivity index is 2.18. The lowest BCUT2D eigenvalue weighted by Crippen LogP contribution is -1.99. The van der Waals surface area contributed by atoms with Crippen molar-refractivity contribution in [3.05, 3.63) is 22.4 Å². The molecule has 0 bridgehead atoms. The maximum atomic E-state index is 13.6. The van der Waals surface area contributed by atoms with E-state index in [0.29, 0.717) is 15.9 Å². The molecule has 0 aromatic heterocycles. The lowest BCUT2D eigenvalue weighted by molar-refractivity contribution is 0.299. The van der Waals surface area contributed by atoms with Crippen LogP contribution in [0.2, 0.25) is 0 Å².